The van der Waals surface area contributed by atoms with Crippen LogP contribution in [0, 0.1) is 0 Å². The van der Waals surface area contributed by atoms with Crippen LogP contribution in [0.3, 0.4) is 0 Å². The van der Waals surface area contributed by atoms with E-state index in [0.717, 1.165) is 20.8 Å². The first-order valence-corrected chi connectivity index (χ1v) is 8.87. The predicted octanol–water partition coefficient (Wildman–Crippen LogP) is 0.349. The fraction of sp³-hybridized carbons (Fsp3) is 0.688. The van der Waals surface area contributed by atoms with Crippen molar-refractivity contribution in [3.63, 3.8) is 0 Å². The molecule has 152 valence electrons. The van der Waals surface area contributed by atoms with E-state index in [0.29, 0.717) is 11.8 Å². The van der Waals surface area contributed by atoms with E-state index in [2.05, 4.69) is 0 Å². The van der Waals surface area contributed by atoms with Crippen LogP contribution < -0.4 is 0 Å². The normalized spacial score (nSPS) is 27.2. The van der Waals surface area contributed by atoms with Gasteiger partial charge in [-0.2, -0.15) is 0 Å². The Morgan fingerprint density at radius 1 is 0.741 bits per heavy atom. The molecule has 10 nitrogen and oxygen atoms in total. The Balaban J connectivity index is 3.29. The van der Waals surface area contributed by atoms with Gasteiger partial charge in [-0.1, -0.05) is 11.8 Å². The van der Waals surface area contributed by atoms with Crippen LogP contribution in [0.5, 0.6) is 0 Å². The van der Waals surface area contributed by atoms with E-state index in [1.54, 1.807) is 0 Å². The molecule has 5 atom stereocenters. The van der Waals surface area contributed by atoms with Crippen LogP contribution in [-0.2, 0) is 47.7 Å². The largest absolute Gasteiger partial charge is 0.463 e. The topological polar surface area (TPSA) is 132 Å². The average molecular weight is 406 g/mol. The van der Waals surface area contributed by atoms with Gasteiger partial charge in [0.1, 0.15) is 12.7 Å². The van der Waals surface area contributed by atoms with Gasteiger partial charge >= 0.3 is 23.9 Å². The summed E-state index contributed by atoms with van der Waals surface area (Å²) >= 11 is 0.705. The number of ether oxygens (including phenoxy) is 5. The zero-order valence-electron chi connectivity index (χ0n) is 15.6. The lowest BCUT2D eigenvalue weighted by Gasteiger charge is -2.43. The second-order valence-electron chi connectivity index (χ2n) is 5.68. The molecule has 0 unspecified atom stereocenters. The van der Waals surface area contributed by atoms with Crippen LogP contribution in [0.1, 0.15) is 34.6 Å². The van der Waals surface area contributed by atoms with Crippen LogP contribution in [0.15, 0.2) is 0 Å². The fourth-order valence-corrected chi connectivity index (χ4v) is 3.32. The molecule has 1 fully saturated rings. The minimum atomic E-state index is -1.26. The van der Waals surface area contributed by atoms with Crippen molar-refractivity contribution >= 4 is 40.8 Å². The molecule has 0 spiro atoms. The maximum absolute atomic E-state index is 11.6. The first-order valence-electron chi connectivity index (χ1n) is 7.99. The van der Waals surface area contributed by atoms with Crippen LogP contribution >= 0.6 is 11.8 Å². The molecule has 0 aromatic heterocycles. The number of carbonyl (C=O) groups excluding carboxylic acids is 5. The van der Waals surface area contributed by atoms with Crippen molar-refractivity contribution in [2.45, 2.75) is 64.5 Å². The van der Waals surface area contributed by atoms with E-state index in [4.69, 9.17) is 23.7 Å². The quantitative estimate of drug-likeness (QED) is 0.447. The Morgan fingerprint density at radius 3 is 1.67 bits per heavy atom. The molecule has 0 bridgehead atoms. The monoisotopic (exact) mass is 406 g/mol. The molecule has 0 radical (unpaired) electrons. The Labute approximate surface area is 160 Å². The highest BCUT2D eigenvalue weighted by atomic mass is 32.2. The molecular weight excluding hydrogens is 384 g/mol. The molecule has 0 aromatic rings. The Kier molecular flexibility index (Phi) is 8.70. The van der Waals surface area contributed by atoms with Crippen molar-refractivity contribution in [2.75, 3.05) is 6.61 Å². The van der Waals surface area contributed by atoms with Gasteiger partial charge in [0, 0.05) is 34.6 Å². The lowest BCUT2D eigenvalue weighted by molar-refractivity contribution is -0.237. The second-order valence-corrected chi connectivity index (χ2v) is 6.95. The van der Waals surface area contributed by atoms with Gasteiger partial charge in [-0.05, 0) is 0 Å². The molecule has 11 heteroatoms. The molecule has 0 saturated carbocycles. The number of carbonyl (C=O) groups is 5. The lowest BCUT2D eigenvalue weighted by atomic mass is 9.99. The Bertz CT molecular complexity index is 604. The molecule has 27 heavy (non-hydrogen) atoms. The zero-order chi connectivity index (χ0) is 20.7. The molecule has 1 aliphatic rings. The molecular formula is C16H22O10S. The van der Waals surface area contributed by atoms with Gasteiger partial charge < -0.3 is 23.7 Å². The minimum absolute atomic E-state index is 0.327. The molecule has 1 rings (SSSR count). The smallest absolute Gasteiger partial charge is 0.303 e. The molecule has 0 amide bonds. The van der Waals surface area contributed by atoms with E-state index in [1.165, 1.54) is 13.8 Å². The van der Waals surface area contributed by atoms with Crippen LogP contribution in [0.4, 0.5) is 0 Å². The second kappa shape index (κ2) is 10.3. The van der Waals surface area contributed by atoms with Crippen LogP contribution in [-0.4, -0.2) is 65.5 Å². The van der Waals surface area contributed by atoms with E-state index in [-0.39, 0.29) is 11.7 Å². The number of thioether (sulfide) groups is 1. The molecule has 0 aliphatic carbocycles. The zero-order valence-corrected chi connectivity index (χ0v) is 16.4. The van der Waals surface area contributed by atoms with Crippen molar-refractivity contribution in [2.24, 2.45) is 0 Å². The Hall–Kier alpha value is -2.14. The molecule has 0 aromatic carbocycles. The number of rotatable bonds is 6. The summed E-state index contributed by atoms with van der Waals surface area (Å²) in [7, 11) is 0. The maximum atomic E-state index is 11.6. The molecule has 1 saturated heterocycles. The first kappa shape index (κ1) is 22.9. The van der Waals surface area contributed by atoms with Crippen molar-refractivity contribution < 1.29 is 47.7 Å². The van der Waals surface area contributed by atoms with Crippen molar-refractivity contribution in [1.82, 2.24) is 0 Å². The Morgan fingerprint density at radius 2 is 1.22 bits per heavy atom. The summed E-state index contributed by atoms with van der Waals surface area (Å²) in [5.41, 5.74) is -1.07. The van der Waals surface area contributed by atoms with Gasteiger partial charge in [-0.25, -0.2) is 0 Å². The maximum Gasteiger partial charge on any atom is 0.303 e. The average Bonchev–Trinajstić information content (AvgIpc) is 2.49. The summed E-state index contributed by atoms with van der Waals surface area (Å²) in [6, 6.07) is 0. The SMILES string of the molecule is CC(=O)OC[C@@H]1O[C@H](SC(C)=O)[C@H](OC(C)=O)[C@@H](OC(C)=O)[C@H]1OC(C)=O. The summed E-state index contributed by atoms with van der Waals surface area (Å²) in [5, 5.41) is -0.351. The van der Waals surface area contributed by atoms with Crippen molar-refractivity contribution in [1.29, 1.82) is 0 Å². The van der Waals surface area contributed by atoms with E-state index >= 15 is 0 Å². The highest BCUT2D eigenvalue weighted by Gasteiger charge is 2.52. The van der Waals surface area contributed by atoms with Crippen LogP contribution in [0.2, 0.25) is 0 Å². The van der Waals surface area contributed by atoms with E-state index in [9.17, 15) is 24.0 Å². The third-order valence-corrected chi connectivity index (χ3v) is 4.17. The van der Waals surface area contributed by atoms with E-state index < -0.39 is 53.7 Å². The van der Waals surface area contributed by atoms with Gasteiger partial charge in [-0.15, -0.1) is 0 Å². The minimum Gasteiger partial charge on any atom is -0.463 e. The first-order chi connectivity index (χ1) is 12.5. The molecule has 1 aliphatic heterocycles. The van der Waals surface area contributed by atoms with Crippen molar-refractivity contribution in [3.8, 4) is 0 Å². The highest BCUT2D eigenvalue weighted by molar-refractivity contribution is 8.14. The summed E-state index contributed by atoms with van der Waals surface area (Å²) in [6.07, 6.45) is -4.76. The van der Waals surface area contributed by atoms with Crippen LogP contribution in [0.25, 0.3) is 0 Å². The van der Waals surface area contributed by atoms with Gasteiger partial charge in [0.25, 0.3) is 0 Å². The van der Waals surface area contributed by atoms with Gasteiger partial charge in [-0.3, -0.25) is 24.0 Å². The summed E-state index contributed by atoms with van der Waals surface area (Å²) < 4.78 is 26.2. The van der Waals surface area contributed by atoms with E-state index in [1.807, 2.05) is 0 Å². The van der Waals surface area contributed by atoms with Gasteiger partial charge in [0.05, 0.1) is 0 Å². The standard InChI is InChI=1S/C16H22O10S/c1-7(17)22-6-12-13(23-8(2)18)14(24-9(3)19)15(25-10(4)20)16(26-12)27-11(5)21/h12-16H,6H2,1-5H3/t12-,13-,14-,15+,16+/m0/s1. The lowest BCUT2D eigenvalue weighted by Crippen LogP contribution is -2.61. The third kappa shape index (κ3) is 7.55. The fourth-order valence-electron chi connectivity index (χ4n) is 2.45. The van der Waals surface area contributed by atoms with Crippen molar-refractivity contribution in [3.05, 3.63) is 0 Å². The summed E-state index contributed by atoms with van der Waals surface area (Å²) in [4.78, 5) is 57.3. The summed E-state index contributed by atoms with van der Waals surface area (Å²) in [5.74, 6) is -2.76. The number of hydrogen-bond acceptors (Lipinski definition) is 11. The molecule has 0 N–H and O–H groups in total. The number of hydrogen-bond donors (Lipinski definition) is 0. The third-order valence-electron chi connectivity index (χ3n) is 3.23. The van der Waals surface area contributed by atoms with Gasteiger partial charge in [0.2, 0.25) is 0 Å². The summed E-state index contributed by atoms with van der Waals surface area (Å²) in [6.45, 7) is 5.51. The predicted molar refractivity (Wildman–Crippen MR) is 90.2 cm³/mol. The molecule has 1 heterocycles. The number of esters is 4. The highest BCUT2D eigenvalue weighted by Crippen LogP contribution is 2.34. The van der Waals surface area contributed by atoms with Gasteiger partial charge in [0.15, 0.2) is 28.9 Å².